The molecule has 4 aromatic rings. The van der Waals surface area contributed by atoms with Crippen LogP contribution in [0.5, 0.6) is 0 Å². The number of nitrogens with zero attached hydrogens (tertiary/aromatic N) is 1. The lowest BCUT2D eigenvalue weighted by Crippen LogP contribution is -2.15. The van der Waals surface area contributed by atoms with E-state index in [0.717, 1.165) is 24.3 Å². The van der Waals surface area contributed by atoms with Crippen LogP contribution in [0, 0.1) is 5.82 Å². The lowest BCUT2D eigenvalue weighted by Gasteiger charge is -2.10. The SMILES string of the molecule is Nc1c(C(=O)Nc2cccc(C(F)(F)F)c2)c2ccccn2c1C(=O)c1ccc(F)cc1. The molecule has 9 heteroatoms. The number of pyridine rings is 1. The fraction of sp³-hybridized carbons (Fsp3) is 0.0435. The predicted molar refractivity (Wildman–Crippen MR) is 111 cm³/mol. The Morgan fingerprint density at radius 3 is 2.34 bits per heavy atom. The number of nitrogens with two attached hydrogens (primary N) is 1. The third-order valence-corrected chi connectivity index (χ3v) is 4.88. The second-order valence-corrected chi connectivity index (χ2v) is 6.96. The van der Waals surface area contributed by atoms with Crippen LogP contribution in [0.3, 0.4) is 0 Å². The molecule has 0 fully saturated rings. The van der Waals surface area contributed by atoms with Crippen molar-refractivity contribution < 1.29 is 27.2 Å². The van der Waals surface area contributed by atoms with E-state index in [1.54, 1.807) is 18.2 Å². The van der Waals surface area contributed by atoms with E-state index in [0.29, 0.717) is 5.52 Å². The zero-order valence-electron chi connectivity index (χ0n) is 16.3. The summed E-state index contributed by atoms with van der Waals surface area (Å²) in [5.41, 5.74) is 5.42. The van der Waals surface area contributed by atoms with Crippen LogP contribution in [0.2, 0.25) is 0 Å². The quantitative estimate of drug-likeness (QED) is 0.339. The number of aromatic nitrogens is 1. The third-order valence-electron chi connectivity index (χ3n) is 4.88. The van der Waals surface area contributed by atoms with Gasteiger partial charge in [-0.3, -0.25) is 9.59 Å². The number of alkyl halides is 3. The largest absolute Gasteiger partial charge is 0.416 e. The Morgan fingerprint density at radius 2 is 1.66 bits per heavy atom. The minimum Gasteiger partial charge on any atom is -0.396 e. The van der Waals surface area contributed by atoms with E-state index in [1.165, 1.54) is 34.9 Å². The van der Waals surface area contributed by atoms with Crippen LogP contribution < -0.4 is 11.1 Å². The van der Waals surface area contributed by atoms with E-state index in [2.05, 4.69) is 5.32 Å². The molecule has 4 rings (SSSR count). The standard InChI is InChI=1S/C23H15F4N3O2/c24-15-9-7-13(8-10-15)21(31)20-19(28)18(17-6-1-2-11-30(17)20)22(32)29-16-5-3-4-14(12-16)23(25,26)27/h1-12H,28H2,(H,29,32). The molecule has 0 bridgehead atoms. The molecule has 5 nitrogen and oxygen atoms in total. The molecule has 0 unspecified atom stereocenters. The van der Waals surface area contributed by atoms with Crippen LogP contribution in [0.15, 0.2) is 72.9 Å². The van der Waals surface area contributed by atoms with Gasteiger partial charge in [-0.2, -0.15) is 13.2 Å². The highest BCUT2D eigenvalue weighted by atomic mass is 19.4. The molecule has 3 N–H and O–H groups in total. The van der Waals surface area contributed by atoms with Crippen molar-refractivity contribution in [3.05, 3.63) is 101 Å². The van der Waals surface area contributed by atoms with Crippen molar-refractivity contribution in [3.8, 4) is 0 Å². The first-order valence-corrected chi connectivity index (χ1v) is 9.34. The Hall–Kier alpha value is -4.14. The molecule has 0 saturated heterocycles. The highest BCUT2D eigenvalue weighted by Gasteiger charge is 2.31. The maximum Gasteiger partial charge on any atom is 0.416 e. The summed E-state index contributed by atoms with van der Waals surface area (Å²) in [7, 11) is 0. The van der Waals surface area contributed by atoms with Gasteiger partial charge in [-0.25, -0.2) is 4.39 Å². The monoisotopic (exact) mass is 441 g/mol. The van der Waals surface area contributed by atoms with Gasteiger partial charge in [-0.15, -0.1) is 0 Å². The number of nitrogen functional groups attached to an aromatic ring is 1. The maximum absolute atomic E-state index is 13.2. The van der Waals surface area contributed by atoms with E-state index in [1.807, 2.05) is 0 Å². The van der Waals surface area contributed by atoms with Crippen molar-refractivity contribution in [1.82, 2.24) is 4.40 Å². The lowest BCUT2D eigenvalue weighted by molar-refractivity contribution is -0.137. The minimum atomic E-state index is -4.57. The number of hydrogen-bond acceptors (Lipinski definition) is 3. The number of amides is 1. The summed E-state index contributed by atoms with van der Waals surface area (Å²) in [5.74, 6) is -1.83. The molecule has 0 spiro atoms. The highest BCUT2D eigenvalue weighted by molar-refractivity contribution is 6.20. The predicted octanol–water partition coefficient (Wildman–Crippen LogP) is 5.16. The van der Waals surface area contributed by atoms with Crippen LogP contribution in [-0.2, 0) is 6.18 Å². The molecule has 1 amide bonds. The summed E-state index contributed by atoms with van der Waals surface area (Å²) in [5, 5.41) is 2.41. The van der Waals surface area contributed by atoms with Crippen molar-refractivity contribution in [3.63, 3.8) is 0 Å². The Bertz CT molecular complexity index is 1340. The van der Waals surface area contributed by atoms with Crippen LogP contribution in [0.4, 0.5) is 28.9 Å². The number of fused-ring (bicyclic) bond motifs is 1. The second kappa shape index (κ2) is 7.84. The first-order valence-electron chi connectivity index (χ1n) is 9.34. The van der Waals surface area contributed by atoms with Crippen LogP contribution >= 0.6 is 0 Å². The van der Waals surface area contributed by atoms with E-state index >= 15 is 0 Å². The van der Waals surface area contributed by atoms with Gasteiger partial charge in [0.2, 0.25) is 5.78 Å². The molecular weight excluding hydrogens is 426 g/mol. The molecule has 2 heterocycles. The zero-order chi connectivity index (χ0) is 23.0. The first kappa shape index (κ1) is 21.1. The summed E-state index contributed by atoms with van der Waals surface area (Å²) >= 11 is 0. The first-order chi connectivity index (χ1) is 15.2. The average molecular weight is 441 g/mol. The smallest absolute Gasteiger partial charge is 0.396 e. The number of halogens is 4. The normalized spacial score (nSPS) is 11.5. The van der Waals surface area contributed by atoms with E-state index in [-0.39, 0.29) is 28.2 Å². The Morgan fingerprint density at radius 1 is 0.938 bits per heavy atom. The fourth-order valence-corrected chi connectivity index (χ4v) is 3.40. The number of nitrogens with one attached hydrogen (secondary N) is 1. The van der Waals surface area contributed by atoms with Gasteiger partial charge in [0.25, 0.3) is 5.91 Å². The minimum absolute atomic E-state index is 0.0126. The van der Waals surface area contributed by atoms with Gasteiger partial charge in [0, 0.05) is 17.4 Å². The van der Waals surface area contributed by atoms with Gasteiger partial charge in [0.1, 0.15) is 11.5 Å². The fourth-order valence-electron chi connectivity index (χ4n) is 3.40. The van der Waals surface area contributed by atoms with Gasteiger partial charge >= 0.3 is 6.18 Å². The Kier molecular flexibility index (Phi) is 5.17. The summed E-state index contributed by atoms with van der Waals surface area (Å²) in [6, 6.07) is 13.8. The topological polar surface area (TPSA) is 76.6 Å². The van der Waals surface area contributed by atoms with Gasteiger partial charge in [0.15, 0.2) is 0 Å². The maximum atomic E-state index is 13.2. The highest BCUT2D eigenvalue weighted by Crippen LogP contribution is 2.32. The molecule has 0 atom stereocenters. The molecule has 0 radical (unpaired) electrons. The van der Waals surface area contributed by atoms with Crippen molar-refractivity contribution in [2.75, 3.05) is 11.1 Å². The summed E-state index contributed by atoms with van der Waals surface area (Å²) < 4.78 is 53.6. The van der Waals surface area contributed by atoms with Crippen LogP contribution in [-0.4, -0.2) is 16.1 Å². The molecular formula is C23H15F4N3O2. The van der Waals surface area contributed by atoms with Crippen molar-refractivity contribution >= 4 is 28.6 Å². The molecule has 162 valence electrons. The molecule has 2 aromatic carbocycles. The Labute approximate surface area is 179 Å². The number of ketones is 1. The van der Waals surface area contributed by atoms with Gasteiger partial charge in [-0.1, -0.05) is 12.1 Å². The average Bonchev–Trinajstić information content (AvgIpc) is 3.05. The Balaban J connectivity index is 1.77. The number of carbonyl (C=O) groups excluding carboxylic acids is 2. The summed E-state index contributed by atoms with van der Waals surface area (Å²) in [6.07, 6.45) is -3.04. The third kappa shape index (κ3) is 3.80. The number of hydrogen-bond donors (Lipinski definition) is 2. The number of anilines is 2. The van der Waals surface area contributed by atoms with E-state index in [9.17, 15) is 27.2 Å². The molecule has 2 aromatic heterocycles. The summed E-state index contributed by atoms with van der Waals surface area (Å²) in [4.78, 5) is 26.0. The molecule has 0 aliphatic carbocycles. The van der Waals surface area contributed by atoms with E-state index in [4.69, 9.17) is 5.73 Å². The molecule has 0 aliphatic rings. The van der Waals surface area contributed by atoms with Crippen LogP contribution in [0.1, 0.15) is 32.0 Å². The molecule has 32 heavy (non-hydrogen) atoms. The van der Waals surface area contributed by atoms with Crippen molar-refractivity contribution in [2.24, 2.45) is 0 Å². The van der Waals surface area contributed by atoms with Gasteiger partial charge < -0.3 is 15.5 Å². The number of rotatable bonds is 4. The zero-order valence-corrected chi connectivity index (χ0v) is 16.3. The van der Waals surface area contributed by atoms with E-state index < -0.39 is 29.2 Å². The van der Waals surface area contributed by atoms with Gasteiger partial charge in [-0.05, 0) is 54.6 Å². The molecule has 0 saturated carbocycles. The number of carbonyl (C=O) groups is 2. The van der Waals surface area contributed by atoms with Gasteiger partial charge in [0.05, 0.1) is 22.3 Å². The molecule has 0 aliphatic heterocycles. The lowest BCUT2D eigenvalue weighted by atomic mass is 10.1. The van der Waals surface area contributed by atoms with Crippen molar-refractivity contribution in [2.45, 2.75) is 6.18 Å². The summed E-state index contributed by atoms with van der Waals surface area (Å²) in [6.45, 7) is 0. The number of benzene rings is 2. The second-order valence-electron chi connectivity index (χ2n) is 6.96. The van der Waals surface area contributed by atoms with Crippen LogP contribution in [0.25, 0.3) is 5.52 Å². The van der Waals surface area contributed by atoms with Crippen molar-refractivity contribution in [1.29, 1.82) is 0 Å².